The largest absolute Gasteiger partial charge is 0.452 e. The molecule has 35 heavy (non-hydrogen) atoms. The molecule has 184 valence electrons. The number of halogens is 3. The van der Waals surface area contributed by atoms with Crippen molar-refractivity contribution in [3.63, 3.8) is 0 Å². The number of fused-ring (bicyclic) bond motifs is 1. The van der Waals surface area contributed by atoms with Gasteiger partial charge in [0.2, 0.25) is 0 Å². The highest BCUT2D eigenvalue weighted by Crippen LogP contribution is 2.32. The Morgan fingerprint density at radius 2 is 1.71 bits per heavy atom. The molecule has 3 aromatic rings. The van der Waals surface area contributed by atoms with Gasteiger partial charge in [0.15, 0.2) is 6.61 Å². The van der Waals surface area contributed by atoms with E-state index in [1.165, 1.54) is 6.07 Å². The van der Waals surface area contributed by atoms with E-state index in [-0.39, 0.29) is 11.8 Å². The second-order valence-electron chi connectivity index (χ2n) is 8.76. The average Bonchev–Trinajstić information content (AvgIpc) is 2.86. The summed E-state index contributed by atoms with van der Waals surface area (Å²) in [6.07, 6.45) is -4.41. The van der Waals surface area contributed by atoms with Crippen LogP contribution in [0.25, 0.3) is 10.9 Å². The van der Waals surface area contributed by atoms with Gasteiger partial charge in [-0.3, -0.25) is 9.78 Å². The minimum Gasteiger partial charge on any atom is -0.452 e. The van der Waals surface area contributed by atoms with E-state index in [1.54, 1.807) is 23.1 Å². The Hall–Kier alpha value is -3.62. The van der Waals surface area contributed by atoms with Crippen molar-refractivity contribution in [1.29, 1.82) is 0 Å². The van der Waals surface area contributed by atoms with Crippen molar-refractivity contribution < 1.29 is 27.5 Å². The zero-order valence-corrected chi connectivity index (χ0v) is 19.5. The predicted molar refractivity (Wildman–Crippen MR) is 126 cm³/mol. The Kier molecular flexibility index (Phi) is 6.95. The molecule has 0 radical (unpaired) electrons. The van der Waals surface area contributed by atoms with Gasteiger partial charge in [-0.2, -0.15) is 13.2 Å². The third kappa shape index (κ3) is 5.55. The molecule has 9 heteroatoms. The van der Waals surface area contributed by atoms with Crippen LogP contribution in [0.15, 0.2) is 54.6 Å². The standard InChI is InChI=1S/C26H26F3N3O3/c1-17(2)23-15-21(20-8-3-4-9-22(20)30-23)25(34)35-16-24(33)32-12-10-31(11-13-32)19-7-5-6-18(14-19)26(27,28)29/h3-9,14-15,17H,10-13,16H2,1-2H3. The molecule has 0 saturated carbocycles. The highest BCUT2D eigenvalue weighted by atomic mass is 19.4. The molecule has 1 amide bonds. The van der Waals surface area contributed by atoms with Crippen LogP contribution in [0.3, 0.4) is 0 Å². The number of esters is 1. The minimum absolute atomic E-state index is 0.112. The molecule has 4 rings (SSSR count). The zero-order chi connectivity index (χ0) is 25.2. The van der Waals surface area contributed by atoms with Crippen molar-refractivity contribution in [2.45, 2.75) is 25.9 Å². The Morgan fingerprint density at radius 1 is 1.00 bits per heavy atom. The molecule has 0 spiro atoms. The van der Waals surface area contributed by atoms with Crippen LogP contribution < -0.4 is 4.90 Å². The number of hydrogen-bond acceptors (Lipinski definition) is 5. The van der Waals surface area contributed by atoms with Crippen LogP contribution >= 0.6 is 0 Å². The Morgan fingerprint density at radius 3 is 2.40 bits per heavy atom. The van der Waals surface area contributed by atoms with E-state index in [0.29, 0.717) is 48.3 Å². The average molecular weight is 486 g/mol. The molecule has 0 N–H and O–H groups in total. The van der Waals surface area contributed by atoms with E-state index < -0.39 is 24.3 Å². The van der Waals surface area contributed by atoms with Gasteiger partial charge in [-0.1, -0.05) is 38.1 Å². The number of amides is 1. The number of alkyl halides is 3. The fourth-order valence-corrected chi connectivity index (χ4v) is 4.05. The number of benzene rings is 2. The van der Waals surface area contributed by atoms with Crippen LogP contribution in [0.2, 0.25) is 0 Å². The van der Waals surface area contributed by atoms with Gasteiger partial charge in [0.25, 0.3) is 5.91 Å². The summed E-state index contributed by atoms with van der Waals surface area (Å²) in [6.45, 7) is 4.96. The van der Waals surface area contributed by atoms with Crippen molar-refractivity contribution in [2.24, 2.45) is 0 Å². The van der Waals surface area contributed by atoms with E-state index in [2.05, 4.69) is 4.98 Å². The molecular formula is C26H26F3N3O3. The molecule has 6 nitrogen and oxygen atoms in total. The summed E-state index contributed by atoms with van der Waals surface area (Å²) in [6, 6.07) is 14.1. The van der Waals surface area contributed by atoms with Crippen LogP contribution in [-0.2, 0) is 15.7 Å². The number of hydrogen-bond donors (Lipinski definition) is 0. The number of carbonyl (C=O) groups is 2. The van der Waals surface area contributed by atoms with Crippen LogP contribution in [0.4, 0.5) is 18.9 Å². The monoisotopic (exact) mass is 485 g/mol. The molecule has 2 aromatic carbocycles. The summed E-state index contributed by atoms with van der Waals surface area (Å²) in [5, 5.41) is 0.657. The third-order valence-electron chi connectivity index (χ3n) is 6.05. The SMILES string of the molecule is CC(C)c1cc(C(=O)OCC(=O)N2CCN(c3cccc(C(F)(F)F)c3)CC2)c2ccccc2n1. The summed E-state index contributed by atoms with van der Waals surface area (Å²) >= 11 is 0. The van der Waals surface area contributed by atoms with Gasteiger partial charge in [-0.25, -0.2) is 4.79 Å². The molecule has 0 aliphatic carbocycles. The maximum Gasteiger partial charge on any atom is 0.416 e. The van der Waals surface area contributed by atoms with Crippen LogP contribution in [0, 0.1) is 0 Å². The summed E-state index contributed by atoms with van der Waals surface area (Å²) in [5.41, 5.74) is 1.56. The first-order valence-electron chi connectivity index (χ1n) is 11.4. The normalized spacial score (nSPS) is 14.5. The van der Waals surface area contributed by atoms with Gasteiger partial charge < -0.3 is 14.5 Å². The molecule has 0 unspecified atom stereocenters. The lowest BCUT2D eigenvalue weighted by Crippen LogP contribution is -2.50. The van der Waals surface area contributed by atoms with Crippen LogP contribution in [0.1, 0.15) is 41.4 Å². The second-order valence-corrected chi connectivity index (χ2v) is 8.76. The van der Waals surface area contributed by atoms with Crippen LogP contribution in [-0.4, -0.2) is 54.5 Å². The number of aromatic nitrogens is 1. The first kappa shape index (κ1) is 24.5. The van der Waals surface area contributed by atoms with Crippen molar-refractivity contribution in [2.75, 3.05) is 37.7 Å². The summed E-state index contributed by atoms with van der Waals surface area (Å²) < 4.78 is 44.4. The van der Waals surface area contributed by atoms with E-state index in [1.807, 2.05) is 36.9 Å². The second kappa shape index (κ2) is 9.93. The van der Waals surface area contributed by atoms with E-state index in [0.717, 1.165) is 17.8 Å². The highest BCUT2D eigenvalue weighted by Gasteiger charge is 2.31. The quantitative estimate of drug-likeness (QED) is 0.482. The number of piperazine rings is 1. The Bertz CT molecular complexity index is 1240. The number of nitrogens with zero attached hydrogens (tertiary/aromatic N) is 3. The van der Waals surface area contributed by atoms with Crippen LogP contribution in [0.5, 0.6) is 0 Å². The van der Waals surface area contributed by atoms with Crippen molar-refractivity contribution in [1.82, 2.24) is 9.88 Å². The van der Waals surface area contributed by atoms with Gasteiger partial charge in [-0.05, 0) is 36.2 Å². The van der Waals surface area contributed by atoms with Gasteiger partial charge >= 0.3 is 12.1 Å². The van der Waals surface area contributed by atoms with E-state index >= 15 is 0 Å². The lowest BCUT2D eigenvalue weighted by atomic mass is 10.0. The lowest BCUT2D eigenvalue weighted by Gasteiger charge is -2.36. The molecule has 1 aromatic heterocycles. The molecular weight excluding hydrogens is 459 g/mol. The maximum atomic E-state index is 13.0. The highest BCUT2D eigenvalue weighted by molar-refractivity contribution is 6.04. The maximum absolute atomic E-state index is 13.0. The van der Waals surface area contributed by atoms with Crippen molar-refractivity contribution >= 4 is 28.5 Å². The molecule has 1 fully saturated rings. The van der Waals surface area contributed by atoms with Gasteiger partial charge in [0, 0.05) is 42.9 Å². The van der Waals surface area contributed by atoms with E-state index in [4.69, 9.17) is 4.74 Å². The number of carbonyl (C=O) groups excluding carboxylic acids is 2. The number of pyridine rings is 1. The number of anilines is 1. The molecule has 2 heterocycles. The fourth-order valence-electron chi connectivity index (χ4n) is 4.05. The Balaban J connectivity index is 1.37. The predicted octanol–water partition coefficient (Wildman–Crippen LogP) is 4.88. The third-order valence-corrected chi connectivity index (χ3v) is 6.05. The van der Waals surface area contributed by atoms with Gasteiger partial charge in [0.05, 0.1) is 16.6 Å². The lowest BCUT2D eigenvalue weighted by molar-refractivity contribution is -0.137. The summed E-state index contributed by atoms with van der Waals surface area (Å²) in [4.78, 5) is 33.5. The summed E-state index contributed by atoms with van der Waals surface area (Å²) in [7, 11) is 0. The van der Waals surface area contributed by atoms with Crippen molar-refractivity contribution in [3.05, 3.63) is 71.4 Å². The number of para-hydroxylation sites is 1. The minimum atomic E-state index is -4.41. The first-order valence-corrected chi connectivity index (χ1v) is 11.4. The van der Waals surface area contributed by atoms with E-state index in [9.17, 15) is 22.8 Å². The summed E-state index contributed by atoms with van der Waals surface area (Å²) in [5.74, 6) is -0.827. The molecule has 1 aliphatic heterocycles. The molecule has 1 aliphatic rings. The molecule has 1 saturated heterocycles. The first-order chi connectivity index (χ1) is 16.6. The van der Waals surface area contributed by atoms with Crippen molar-refractivity contribution in [3.8, 4) is 0 Å². The Labute approximate surface area is 201 Å². The van der Waals surface area contributed by atoms with Gasteiger partial charge in [0.1, 0.15) is 0 Å². The molecule has 0 atom stereocenters. The molecule has 0 bridgehead atoms. The fraction of sp³-hybridized carbons (Fsp3) is 0.346. The van der Waals surface area contributed by atoms with Gasteiger partial charge in [-0.15, -0.1) is 0 Å². The zero-order valence-electron chi connectivity index (χ0n) is 19.5. The number of rotatable bonds is 5. The topological polar surface area (TPSA) is 62.7 Å². The number of ether oxygens (including phenoxy) is 1. The smallest absolute Gasteiger partial charge is 0.416 e.